The minimum absolute atomic E-state index is 0.143. The highest BCUT2D eigenvalue weighted by atomic mass is 32.2. The average molecular weight is 407 g/mol. The summed E-state index contributed by atoms with van der Waals surface area (Å²) in [5, 5.41) is 12.3. The minimum Gasteiger partial charge on any atom is -0.383 e. The van der Waals surface area contributed by atoms with Crippen molar-refractivity contribution in [1.82, 2.24) is 25.1 Å². The molecule has 0 radical (unpaired) electrons. The number of nitrogens with zero attached hydrogens (tertiary/aromatic N) is 4. The third-order valence-corrected chi connectivity index (χ3v) is 5.65. The Kier molecular flexibility index (Phi) is 7.90. The normalized spacial score (nSPS) is 15.1. The Balaban J connectivity index is 1.59. The number of anilines is 1. The first-order valence-electron chi connectivity index (χ1n) is 9.98. The maximum Gasteiger partial charge on any atom is 0.220 e. The van der Waals surface area contributed by atoms with E-state index in [1.165, 1.54) is 43.9 Å². The molecule has 0 bridgehead atoms. The summed E-state index contributed by atoms with van der Waals surface area (Å²) in [6, 6.07) is 0. The zero-order valence-corrected chi connectivity index (χ0v) is 17.6. The number of amides is 1. The topological polar surface area (TPSA) is 94.0 Å². The Labute approximate surface area is 170 Å². The van der Waals surface area contributed by atoms with Crippen LogP contribution in [0, 0.1) is 5.92 Å². The van der Waals surface area contributed by atoms with Crippen LogP contribution in [0.5, 0.6) is 0 Å². The van der Waals surface area contributed by atoms with Gasteiger partial charge in [-0.05, 0) is 25.0 Å². The van der Waals surface area contributed by atoms with Crippen LogP contribution in [-0.4, -0.2) is 58.7 Å². The van der Waals surface area contributed by atoms with Gasteiger partial charge in [-0.25, -0.2) is 14.6 Å². The molecule has 2 N–H and O–H groups in total. The maximum atomic E-state index is 12.2. The third kappa shape index (κ3) is 5.57. The van der Waals surface area contributed by atoms with Crippen LogP contribution in [0.15, 0.2) is 11.4 Å². The average Bonchev–Trinajstić information content (AvgIpc) is 3.12. The number of ether oxygens (including phenoxy) is 1. The predicted molar refractivity (Wildman–Crippen MR) is 112 cm³/mol. The molecule has 2 aromatic heterocycles. The first-order valence-corrected chi connectivity index (χ1v) is 11.2. The fourth-order valence-electron chi connectivity index (χ4n) is 3.62. The van der Waals surface area contributed by atoms with Crippen molar-refractivity contribution in [2.75, 3.05) is 38.4 Å². The summed E-state index contributed by atoms with van der Waals surface area (Å²) in [5.74, 6) is 1.46. The van der Waals surface area contributed by atoms with Crippen molar-refractivity contribution in [2.45, 2.75) is 50.2 Å². The van der Waals surface area contributed by atoms with E-state index in [9.17, 15) is 4.79 Å². The minimum atomic E-state index is 0.143. The maximum absolute atomic E-state index is 12.2. The number of rotatable bonds is 10. The summed E-state index contributed by atoms with van der Waals surface area (Å²) in [4.78, 5) is 21.4. The molecule has 1 aliphatic rings. The molecule has 2 aromatic rings. The molecular weight excluding hydrogens is 376 g/mol. The van der Waals surface area contributed by atoms with E-state index in [-0.39, 0.29) is 5.91 Å². The highest BCUT2D eigenvalue weighted by molar-refractivity contribution is 7.98. The van der Waals surface area contributed by atoms with Crippen LogP contribution in [0.3, 0.4) is 0 Å². The van der Waals surface area contributed by atoms with Crippen LogP contribution in [0.25, 0.3) is 11.0 Å². The van der Waals surface area contributed by atoms with Crippen LogP contribution in [0.2, 0.25) is 0 Å². The summed E-state index contributed by atoms with van der Waals surface area (Å²) in [5.41, 5.74) is 0.779. The smallest absolute Gasteiger partial charge is 0.220 e. The fraction of sp³-hybridized carbons (Fsp3) is 0.684. The Bertz CT molecular complexity index is 775. The van der Waals surface area contributed by atoms with Gasteiger partial charge in [-0.1, -0.05) is 31.0 Å². The van der Waals surface area contributed by atoms with E-state index in [1.807, 2.05) is 10.9 Å². The van der Waals surface area contributed by atoms with Gasteiger partial charge in [0.05, 0.1) is 24.7 Å². The number of thioether (sulfide) groups is 1. The number of aromatic nitrogens is 4. The first-order chi connectivity index (χ1) is 13.7. The second-order valence-corrected chi connectivity index (χ2v) is 7.91. The van der Waals surface area contributed by atoms with Crippen molar-refractivity contribution in [2.24, 2.45) is 5.92 Å². The lowest BCUT2D eigenvalue weighted by Crippen LogP contribution is -2.29. The molecule has 9 heteroatoms. The van der Waals surface area contributed by atoms with Gasteiger partial charge in [0.15, 0.2) is 10.8 Å². The number of fused-ring (bicyclic) bond motifs is 1. The van der Waals surface area contributed by atoms with Crippen molar-refractivity contribution < 1.29 is 9.53 Å². The summed E-state index contributed by atoms with van der Waals surface area (Å²) < 4.78 is 6.93. The van der Waals surface area contributed by atoms with Gasteiger partial charge < -0.3 is 15.4 Å². The Hall–Kier alpha value is -1.87. The number of nitrogens with one attached hydrogen (secondary N) is 2. The number of carbonyl (C=O) groups is 1. The molecule has 154 valence electrons. The van der Waals surface area contributed by atoms with Crippen LogP contribution >= 0.6 is 11.8 Å². The van der Waals surface area contributed by atoms with Gasteiger partial charge in [0.2, 0.25) is 5.91 Å². The molecule has 1 aliphatic carbocycles. The van der Waals surface area contributed by atoms with Gasteiger partial charge in [-0.15, -0.1) is 0 Å². The summed E-state index contributed by atoms with van der Waals surface area (Å²) >= 11 is 1.49. The zero-order valence-electron chi connectivity index (χ0n) is 16.7. The van der Waals surface area contributed by atoms with E-state index < -0.39 is 0 Å². The molecule has 0 unspecified atom stereocenters. The van der Waals surface area contributed by atoms with Crippen molar-refractivity contribution in [3.8, 4) is 0 Å². The molecule has 28 heavy (non-hydrogen) atoms. The van der Waals surface area contributed by atoms with Crippen molar-refractivity contribution in [3.63, 3.8) is 0 Å². The predicted octanol–water partition coefficient (Wildman–Crippen LogP) is 2.69. The van der Waals surface area contributed by atoms with Crippen LogP contribution in [-0.2, 0) is 16.1 Å². The molecule has 0 spiro atoms. The van der Waals surface area contributed by atoms with Crippen LogP contribution < -0.4 is 10.6 Å². The lowest BCUT2D eigenvalue weighted by molar-refractivity contribution is -0.122. The van der Waals surface area contributed by atoms with E-state index in [2.05, 4.69) is 25.7 Å². The van der Waals surface area contributed by atoms with Crippen molar-refractivity contribution in [3.05, 3.63) is 6.20 Å². The van der Waals surface area contributed by atoms with Crippen molar-refractivity contribution >= 4 is 34.5 Å². The molecule has 0 aromatic carbocycles. The quantitative estimate of drug-likeness (QED) is 0.356. The number of hydrogen-bond acceptors (Lipinski definition) is 7. The molecule has 2 heterocycles. The van der Waals surface area contributed by atoms with Crippen molar-refractivity contribution in [1.29, 1.82) is 0 Å². The largest absolute Gasteiger partial charge is 0.383 e. The second kappa shape index (κ2) is 10.6. The summed E-state index contributed by atoms with van der Waals surface area (Å²) in [7, 11) is 1.67. The summed E-state index contributed by atoms with van der Waals surface area (Å²) in [6.07, 6.45) is 10.6. The van der Waals surface area contributed by atoms with Crippen LogP contribution in [0.4, 0.5) is 5.82 Å². The monoisotopic (exact) mass is 406 g/mol. The van der Waals surface area contributed by atoms with E-state index in [0.29, 0.717) is 43.7 Å². The Morgan fingerprint density at radius 1 is 1.29 bits per heavy atom. The first kappa shape index (κ1) is 20.9. The summed E-state index contributed by atoms with van der Waals surface area (Å²) in [6.45, 7) is 2.40. The van der Waals surface area contributed by atoms with Gasteiger partial charge in [0.25, 0.3) is 0 Å². The fourth-order valence-corrected chi connectivity index (χ4v) is 3.98. The van der Waals surface area contributed by atoms with Crippen LogP contribution in [0.1, 0.15) is 38.5 Å². The lowest BCUT2D eigenvalue weighted by Gasteiger charge is -2.20. The van der Waals surface area contributed by atoms with Gasteiger partial charge in [-0.3, -0.25) is 4.79 Å². The van der Waals surface area contributed by atoms with Gasteiger partial charge in [0.1, 0.15) is 5.82 Å². The number of methoxy groups -OCH3 is 1. The van der Waals surface area contributed by atoms with Gasteiger partial charge >= 0.3 is 0 Å². The lowest BCUT2D eigenvalue weighted by atomic mass is 9.87. The van der Waals surface area contributed by atoms with E-state index >= 15 is 0 Å². The molecule has 0 saturated heterocycles. The number of hydrogen-bond donors (Lipinski definition) is 2. The number of carbonyl (C=O) groups excluding carboxylic acids is 1. The molecule has 1 saturated carbocycles. The molecule has 0 atom stereocenters. The molecule has 3 rings (SSSR count). The van der Waals surface area contributed by atoms with E-state index in [4.69, 9.17) is 4.74 Å². The molecular formula is C19H30N6O2S. The van der Waals surface area contributed by atoms with E-state index in [1.54, 1.807) is 13.3 Å². The highest BCUT2D eigenvalue weighted by Crippen LogP contribution is 2.26. The zero-order chi connectivity index (χ0) is 19.8. The molecule has 8 nitrogen and oxygen atoms in total. The molecule has 1 amide bonds. The highest BCUT2D eigenvalue weighted by Gasteiger charge is 2.17. The third-order valence-electron chi connectivity index (χ3n) is 5.10. The SMILES string of the molecule is COCCNc1nc(SC)nc2c1cnn2CCNC(=O)CC1CCCCC1. The Morgan fingerprint density at radius 2 is 2.11 bits per heavy atom. The second-order valence-electron chi connectivity index (χ2n) is 7.14. The van der Waals surface area contributed by atoms with E-state index in [0.717, 1.165) is 16.9 Å². The van der Waals surface area contributed by atoms with Gasteiger partial charge in [-0.2, -0.15) is 5.10 Å². The van der Waals surface area contributed by atoms with Gasteiger partial charge in [0, 0.05) is 26.6 Å². The Morgan fingerprint density at radius 3 is 2.86 bits per heavy atom. The molecule has 0 aliphatic heterocycles. The molecule has 1 fully saturated rings. The standard InChI is InChI=1S/C19H30N6O2S/c1-27-11-9-21-17-15-13-22-25(18(15)24-19(23-17)28-2)10-8-20-16(26)12-14-6-4-3-5-7-14/h13-14H,3-12H2,1-2H3,(H,20,26)(H,21,23,24).